The van der Waals surface area contributed by atoms with Crippen LogP contribution in [0.5, 0.6) is 0 Å². The van der Waals surface area contributed by atoms with E-state index < -0.39 is 17.5 Å². The molecule has 0 saturated heterocycles. The van der Waals surface area contributed by atoms with Crippen molar-refractivity contribution in [3.05, 3.63) is 34.9 Å². The monoisotopic (exact) mass is 319 g/mol. The predicted octanol–water partition coefficient (Wildman–Crippen LogP) is 3.44. The molecule has 0 heterocycles. The van der Waals surface area contributed by atoms with E-state index in [4.69, 9.17) is 5.73 Å². The Balaban J connectivity index is 3.64. The maximum atomic E-state index is 11.5. The zero-order chi connectivity index (χ0) is 17.7. The van der Waals surface area contributed by atoms with Crippen LogP contribution in [0.3, 0.4) is 0 Å². The number of allylic oxidation sites excluding steroid dienone is 1. The molecule has 126 valence electrons. The third kappa shape index (κ3) is 5.13. The van der Waals surface area contributed by atoms with Gasteiger partial charge in [0.1, 0.15) is 5.57 Å². The SMILES string of the molecule is CC(C)CC(=C(C(=O)O)C(=O)O)c1ccc(N)cc1CC(C)C. The van der Waals surface area contributed by atoms with Crippen LogP contribution in [-0.4, -0.2) is 22.2 Å². The van der Waals surface area contributed by atoms with E-state index in [0.717, 1.165) is 5.56 Å². The molecule has 0 aromatic heterocycles. The van der Waals surface area contributed by atoms with E-state index in [1.54, 1.807) is 18.2 Å². The molecule has 0 bridgehead atoms. The van der Waals surface area contributed by atoms with E-state index >= 15 is 0 Å². The highest BCUT2D eigenvalue weighted by molar-refractivity contribution is 6.18. The molecule has 0 fully saturated rings. The van der Waals surface area contributed by atoms with Gasteiger partial charge in [0, 0.05) is 5.69 Å². The van der Waals surface area contributed by atoms with Crippen LogP contribution in [0.4, 0.5) is 5.69 Å². The van der Waals surface area contributed by atoms with Crippen molar-refractivity contribution in [2.24, 2.45) is 11.8 Å². The number of carbonyl (C=O) groups is 2. The first-order valence-corrected chi connectivity index (χ1v) is 7.72. The van der Waals surface area contributed by atoms with Crippen LogP contribution >= 0.6 is 0 Å². The molecule has 23 heavy (non-hydrogen) atoms. The van der Waals surface area contributed by atoms with E-state index in [0.29, 0.717) is 35.6 Å². The average Bonchev–Trinajstić information content (AvgIpc) is 2.35. The zero-order valence-electron chi connectivity index (χ0n) is 14.1. The smallest absolute Gasteiger partial charge is 0.343 e. The van der Waals surface area contributed by atoms with Crippen molar-refractivity contribution < 1.29 is 19.8 Å². The summed E-state index contributed by atoms with van der Waals surface area (Å²) in [6.07, 6.45) is 1.08. The molecule has 0 aliphatic carbocycles. The molecule has 0 unspecified atom stereocenters. The number of nitrogens with two attached hydrogens (primary N) is 1. The molecule has 0 aliphatic heterocycles. The second kappa shape index (κ2) is 7.81. The van der Waals surface area contributed by atoms with Crippen LogP contribution in [-0.2, 0) is 16.0 Å². The van der Waals surface area contributed by atoms with E-state index in [1.807, 2.05) is 27.7 Å². The minimum Gasteiger partial charge on any atom is -0.477 e. The number of nitrogen functional groups attached to an aromatic ring is 1. The Morgan fingerprint density at radius 1 is 1.04 bits per heavy atom. The lowest BCUT2D eigenvalue weighted by Crippen LogP contribution is -2.16. The van der Waals surface area contributed by atoms with Crippen LogP contribution in [0.15, 0.2) is 23.8 Å². The molecular formula is C18H25NO4. The van der Waals surface area contributed by atoms with Gasteiger partial charge in [0.25, 0.3) is 0 Å². The van der Waals surface area contributed by atoms with Gasteiger partial charge >= 0.3 is 11.9 Å². The lowest BCUT2D eigenvalue weighted by molar-refractivity contribution is -0.140. The van der Waals surface area contributed by atoms with Crippen LogP contribution in [0.1, 0.15) is 45.2 Å². The standard InChI is InChI=1S/C18H25NO4/c1-10(2)7-12-9-13(19)5-6-14(12)15(8-11(3)4)16(17(20)21)18(22)23/h5-6,9-11H,7-8,19H2,1-4H3,(H,20,21)(H,22,23). The Bertz CT molecular complexity index is 614. The van der Waals surface area contributed by atoms with E-state index in [9.17, 15) is 19.8 Å². The number of rotatable bonds is 7. The lowest BCUT2D eigenvalue weighted by Gasteiger charge is -2.18. The molecule has 5 nitrogen and oxygen atoms in total. The van der Waals surface area contributed by atoms with Crippen LogP contribution < -0.4 is 5.73 Å². The molecule has 0 saturated carbocycles. The Morgan fingerprint density at radius 2 is 1.61 bits per heavy atom. The predicted molar refractivity (Wildman–Crippen MR) is 91.0 cm³/mol. The summed E-state index contributed by atoms with van der Waals surface area (Å²) in [5.74, 6) is -2.36. The quantitative estimate of drug-likeness (QED) is 0.309. The summed E-state index contributed by atoms with van der Waals surface area (Å²) in [5, 5.41) is 18.7. The fourth-order valence-electron chi connectivity index (χ4n) is 2.62. The Kier molecular flexibility index (Phi) is 6.37. The van der Waals surface area contributed by atoms with E-state index in [-0.39, 0.29) is 5.92 Å². The largest absolute Gasteiger partial charge is 0.477 e. The number of carboxylic acid groups (broad SMARTS) is 2. The summed E-state index contributed by atoms with van der Waals surface area (Å²) in [5.41, 5.74) is 7.78. The van der Waals surface area contributed by atoms with Crippen molar-refractivity contribution in [2.45, 2.75) is 40.5 Å². The summed E-state index contributed by atoms with van der Waals surface area (Å²) < 4.78 is 0. The van der Waals surface area contributed by atoms with Gasteiger partial charge in [-0.25, -0.2) is 9.59 Å². The van der Waals surface area contributed by atoms with Crippen molar-refractivity contribution in [3.63, 3.8) is 0 Å². The van der Waals surface area contributed by atoms with Gasteiger partial charge in [0.2, 0.25) is 0 Å². The first-order chi connectivity index (χ1) is 10.6. The number of aliphatic carboxylic acids is 2. The third-order valence-electron chi connectivity index (χ3n) is 3.42. The Labute approximate surface area is 136 Å². The zero-order valence-corrected chi connectivity index (χ0v) is 14.1. The molecular weight excluding hydrogens is 294 g/mol. The Morgan fingerprint density at radius 3 is 2.04 bits per heavy atom. The molecule has 0 radical (unpaired) electrons. The summed E-state index contributed by atoms with van der Waals surface area (Å²) >= 11 is 0. The van der Waals surface area contributed by atoms with Crippen molar-refractivity contribution in [1.82, 2.24) is 0 Å². The molecule has 4 N–H and O–H groups in total. The highest BCUT2D eigenvalue weighted by atomic mass is 16.4. The number of carboxylic acids is 2. The minimum absolute atomic E-state index is 0.128. The van der Waals surface area contributed by atoms with E-state index in [1.165, 1.54) is 0 Å². The van der Waals surface area contributed by atoms with Gasteiger partial charge in [-0.05, 0) is 53.5 Å². The number of hydrogen-bond acceptors (Lipinski definition) is 3. The molecule has 1 rings (SSSR count). The first-order valence-electron chi connectivity index (χ1n) is 7.72. The average molecular weight is 319 g/mol. The summed E-state index contributed by atoms with van der Waals surface area (Å²) in [4.78, 5) is 22.9. The summed E-state index contributed by atoms with van der Waals surface area (Å²) in [6.45, 7) is 7.96. The van der Waals surface area contributed by atoms with Gasteiger partial charge in [0.05, 0.1) is 0 Å². The van der Waals surface area contributed by atoms with Gasteiger partial charge in [-0.2, -0.15) is 0 Å². The van der Waals surface area contributed by atoms with Crippen molar-refractivity contribution in [3.8, 4) is 0 Å². The lowest BCUT2D eigenvalue weighted by atomic mass is 9.86. The minimum atomic E-state index is -1.42. The van der Waals surface area contributed by atoms with Crippen LogP contribution in [0, 0.1) is 11.8 Å². The van der Waals surface area contributed by atoms with Gasteiger partial charge in [-0.15, -0.1) is 0 Å². The van der Waals surface area contributed by atoms with Crippen LogP contribution in [0.2, 0.25) is 0 Å². The second-order valence-electron chi connectivity index (χ2n) is 6.58. The van der Waals surface area contributed by atoms with Crippen molar-refractivity contribution >= 4 is 23.2 Å². The Hall–Kier alpha value is -2.30. The van der Waals surface area contributed by atoms with Crippen molar-refractivity contribution in [2.75, 3.05) is 5.73 Å². The third-order valence-corrected chi connectivity index (χ3v) is 3.42. The highest BCUT2D eigenvalue weighted by Crippen LogP contribution is 2.31. The van der Waals surface area contributed by atoms with Gasteiger partial charge in [0.15, 0.2) is 0 Å². The molecule has 1 aromatic carbocycles. The molecule has 5 heteroatoms. The molecule has 0 atom stereocenters. The molecule has 1 aromatic rings. The maximum Gasteiger partial charge on any atom is 0.343 e. The fourth-order valence-corrected chi connectivity index (χ4v) is 2.62. The number of hydrogen-bond donors (Lipinski definition) is 3. The summed E-state index contributed by atoms with van der Waals surface area (Å²) in [6, 6.07) is 5.22. The van der Waals surface area contributed by atoms with E-state index in [2.05, 4.69) is 0 Å². The van der Waals surface area contributed by atoms with Gasteiger partial charge in [-0.3, -0.25) is 0 Å². The van der Waals surface area contributed by atoms with Crippen LogP contribution in [0.25, 0.3) is 5.57 Å². The maximum absolute atomic E-state index is 11.5. The summed E-state index contributed by atoms with van der Waals surface area (Å²) in [7, 11) is 0. The normalized spacial score (nSPS) is 10.9. The fraction of sp³-hybridized carbons (Fsp3) is 0.444. The van der Waals surface area contributed by atoms with Crippen molar-refractivity contribution in [1.29, 1.82) is 0 Å². The highest BCUT2D eigenvalue weighted by Gasteiger charge is 2.25. The van der Waals surface area contributed by atoms with Gasteiger partial charge in [-0.1, -0.05) is 33.8 Å². The van der Waals surface area contributed by atoms with Gasteiger partial charge < -0.3 is 15.9 Å². The first kappa shape index (κ1) is 18.7. The number of benzene rings is 1. The molecule has 0 amide bonds. The topological polar surface area (TPSA) is 101 Å². The second-order valence-corrected chi connectivity index (χ2v) is 6.58. The number of anilines is 1. The molecule has 0 aliphatic rings. The molecule has 0 spiro atoms.